The summed E-state index contributed by atoms with van der Waals surface area (Å²) < 4.78 is 5.93. The zero-order chi connectivity index (χ0) is 26.4. The van der Waals surface area contributed by atoms with Gasteiger partial charge in [-0.3, -0.25) is 23.3 Å². The number of aryl methyl sites for hydroxylation is 1. The van der Waals surface area contributed by atoms with Gasteiger partial charge in [-0.25, -0.2) is 4.79 Å². The number of benzene rings is 1. The van der Waals surface area contributed by atoms with Crippen molar-refractivity contribution in [2.75, 3.05) is 18.0 Å². The van der Waals surface area contributed by atoms with Crippen LogP contribution >= 0.6 is 11.6 Å². The van der Waals surface area contributed by atoms with Gasteiger partial charge < -0.3 is 9.47 Å². The lowest BCUT2D eigenvalue weighted by atomic mass is 9.88. The second-order valence-corrected chi connectivity index (χ2v) is 10.7. The van der Waals surface area contributed by atoms with Crippen LogP contribution < -0.4 is 16.1 Å². The first-order chi connectivity index (χ1) is 17.7. The first-order valence-corrected chi connectivity index (χ1v) is 13.1. The average molecular weight is 522 g/mol. The number of hydrogen-bond acceptors (Lipinski definition) is 4. The summed E-state index contributed by atoms with van der Waals surface area (Å²) in [5.41, 5.74) is 0.951. The summed E-state index contributed by atoms with van der Waals surface area (Å²) >= 11 is 6.57. The predicted molar refractivity (Wildman–Crippen MR) is 147 cm³/mol. The lowest BCUT2D eigenvalue weighted by Crippen LogP contribution is -2.39. The molecule has 1 atom stereocenters. The summed E-state index contributed by atoms with van der Waals surface area (Å²) in [4.78, 5) is 43.1. The fourth-order valence-corrected chi connectivity index (χ4v) is 5.72. The Labute approximate surface area is 220 Å². The Morgan fingerprint density at radius 1 is 1.03 bits per heavy atom. The molecule has 8 nitrogen and oxygen atoms in total. The zero-order valence-corrected chi connectivity index (χ0v) is 22.4. The minimum absolute atomic E-state index is 0.280. The molecule has 0 bridgehead atoms. The van der Waals surface area contributed by atoms with Gasteiger partial charge in [-0.15, -0.1) is 0 Å². The molecule has 0 spiro atoms. The van der Waals surface area contributed by atoms with Gasteiger partial charge in [-0.1, -0.05) is 43.6 Å². The molecule has 1 aliphatic heterocycles. The topological polar surface area (TPSA) is 74.2 Å². The van der Waals surface area contributed by atoms with Gasteiger partial charge >= 0.3 is 5.69 Å². The van der Waals surface area contributed by atoms with Gasteiger partial charge in [0.2, 0.25) is 0 Å². The van der Waals surface area contributed by atoms with Crippen molar-refractivity contribution in [1.29, 1.82) is 0 Å². The van der Waals surface area contributed by atoms with Gasteiger partial charge in [-0.05, 0) is 48.4 Å². The van der Waals surface area contributed by atoms with Crippen molar-refractivity contribution in [1.82, 2.24) is 18.3 Å². The maximum Gasteiger partial charge on any atom is 0.331 e. The lowest BCUT2D eigenvalue weighted by Gasteiger charge is -2.37. The minimum Gasteiger partial charge on any atom is -0.357 e. The molecule has 1 aliphatic rings. The molecule has 1 fully saturated rings. The van der Waals surface area contributed by atoms with Crippen LogP contribution in [-0.2, 0) is 20.6 Å². The van der Waals surface area contributed by atoms with Crippen LogP contribution in [0.2, 0.25) is 5.02 Å². The van der Waals surface area contributed by atoms with E-state index in [0.717, 1.165) is 36.1 Å². The predicted octanol–water partition coefficient (Wildman–Crippen LogP) is 4.10. The Morgan fingerprint density at radius 3 is 2.41 bits per heavy atom. The second kappa shape index (κ2) is 9.74. The third-order valence-corrected chi connectivity index (χ3v) is 8.03. The molecule has 4 heterocycles. The molecule has 0 radical (unpaired) electrons. The zero-order valence-electron chi connectivity index (χ0n) is 21.6. The van der Waals surface area contributed by atoms with Crippen molar-refractivity contribution < 1.29 is 4.79 Å². The summed E-state index contributed by atoms with van der Waals surface area (Å²) in [5.74, 6) is 1.31. The summed E-state index contributed by atoms with van der Waals surface area (Å²) in [6, 6.07) is 11.1. The highest BCUT2D eigenvalue weighted by atomic mass is 35.5. The molecule has 1 aromatic carbocycles. The van der Waals surface area contributed by atoms with Crippen molar-refractivity contribution in [3.8, 4) is 0 Å². The van der Waals surface area contributed by atoms with Crippen molar-refractivity contribution in [3.05, 3.63) is 85.8 Å². The van der Waals surface area contributed by atoms with Crippen molar-refractivity contribution in [3.63, 3.8) is 0 Å². The Morgan fingerprint density at radius 2 is 1.73 bits per heavy atom. The van der Waals surface area contributed by atoms with Crippen LogP contribution in [0.5, 0.6) is 0 Å². The quantitative estimate of drug-likeness (QED) is 0.396. The Bertz CT molecular complexity index is 1590. The number of carbonyl (C=O) groups excluding carboxylic acids is 1. The van der Waals surface area contributed by atoms with E-state index in [9.17, 15) is 14.4 Å². The van der Waals surface area contributed by atoms with E-state index < -0.39 is 11.2 Å². The molecule has 4 aromatic rings. The molecule has 0 aliphatic carbocycles. The number of piperidine rings is 1. The van der Waals surface area contributed by atoms with Crippen LogP contribution in [0.4, 0.5) is 5.82 Å². The molecule has 37 heavy (non-hydrogen) atoms. The van der Waals surface area contributed by atoms with Gasteiger partial charge in [-0.2, -0.15) is 0 Å². The van der Waals surface area contributed by atoms with Crippen molar-refractivity contribution >= 4 is 34.4 Å². The summed E-state index contributed by atoms with van der Waals surface area (Å²) in [7, 11) is 3.09. The fourth-order valence-electron chi connectivity index (χ4n) is 5.52. The van der Waals surface area contributed by atoms with E-state index in [1.807, 2.05) is 28.8 Å². The highest BCUT2D eigenvalue weighted by molar-refractivity contribution is 6.31. The van der Waals surface area contributed by atoms with Gasteiger partial charge in [0, 0.05) is 44.6 Å². The van der Waals surface area contributed by atoms with E-state index in [-0.39, 0.29) is 5.91 Å². The maximum absolute atomic E-state index is 14.1. The molecule has 3 aromatic heterocycles. The van der Waals surface area contributed by atoms with E-state index >= 15 is 0 Å². The van der Waals surface area contributed by atoms with E-state index in [1.54, 1.807) is 31.6 Å². The van der Waals surface area contributed by atoms with Crippen LogP contribution in [0.1, 0.15) is 42.6 Å². The Kier molecular flexibility index (Phi) is 6.62. The van der Waals surface area contributed by atoms with Crippen LogP contribution in [0.15, 0.2) is 58.4 Å². The largest absolute Gasteiger partial charge is 0.357 e. The normalized spacial score (nSPS) is 16.2. The first kappa shape index (κ1) is 25.1. The van der Waals surface area contributed by atoms with Crippen LogP contribution in [0.25, 0.3) is 11.0 Å². The average Bonchev–Trinajstić information content (AvgIpc) is 3.54. The molecule has 1 saturated heterocycles. The Hall–Kier alpha value is -3.52. The number of nitrogens with zero attached hydrogens (tertiary/aromatic N) is 5. The molecule has 9 heteroatoms. The molecular formula is C28H32ClN5O3. The molecule has 1 unspecified atom stereocenters. The number of fused-ring (bicyclic) bond motifs is 1. The van der Waals surface area contributed by atoms with E-state index in [0.29, 0.717) is 45.8 Å². The number of halogens is 1. The Balaban J connectivity index is 1.89. The highest BCUT2D eigenvalue weighted by Gasteiger charge is 2.34. The summed E-state index contributed by atoms with van der Waals surface area (Å²) in [6.07, 6.45) is 5.47. The highest BCUT2D eigenvalue weighted by Crippen LogP contribution is 2.36. The molecule has 5 rings (SSSR count). The molecule has 0 saturated carbocycles. The van der Waals surface area contributed by atoms with E-state index in [1.165, 1.54) is 16.2 Å². The number of hydrogen-bond donors (Lipinski definition) is 0. The number of carbonyl (C=O) groups is 1. The third kappa shape index (κ3) is 4.23. The van der Waals surface area contributed by atoms with Crippen molar-refractivity contribution in [2.45, 2.75) is 33.2 Å². The third-order valence-electron chi connectivity index (χ3n) is 7.67. The number of rotatable bonds is 5. The van der Waals surface area contributed by atoms with Gasteiger partial charge in [0.05, 0.1) is 12.1 Å². The number of aromatic nitrogens is 4. The smallest absolute Gasteiger partial charge is 0.331 e. The summed E-state index contributed by atoms with van der Waals surface area (Å²) in [6.45, 7) is 6.25. The van der Waals surface area contributed by atoms with Gasteiger partial charge in [0.25, 0.3) is 11.5 Å². The molecule has 194 valence electrons. The summed E-state index contributed by atoms with van der Waals surface area (Å²) in [5, 5.41) is 0.578. The SMILES string of the molecule is CC(C)C1CCCN(c2c(C(=O)n3cccc3)c3c(c(=O)n(C)c(=O)n3C)n2Cc2ccccc2Cl)C1. The molecular weight excluding hydrogens is 490 g/mol. The first-order valence-electron chi connectivity index (χ1n) is 12.7. The second-order valence-electron chi connectivity index (χ2n) is 10.3. The maximum atomic E-state index is 14.1. The molecule has 0 N–H and O–H groups in total. The van der Waals surface area contributed by atoms with Crippen LogP contribution in [0.3, 0.4) is 0 Å². The van der Waals surface area contributed by atoms with Crippen LogP contribution in [0, 0.1) is 11.8 Å². The van der Waals surface area contributed by atoms with Gasteiger partial charge in [0.15, 0.2) is 0 Å². The van der Waals surface area contributed by atoms with Crippen molar-refractivity contribution in [2.24, 2.45) is 25.9 Å². The fraction of sp³-hybridized carbons (Fsp3) is 0.393. The molecule has 0 amide bonds. The van der Waals surface area contributed by atoms with E-state index in [2.05, 4.69) is 18.7 Å². The standard InChI is InChI=1S/C28H32ClN5O3/c1-18(2)19-11-9-15-33(16-19)25-22(26(35)32-13-7-8-14-32)23-24(27(36)31(4)28(37)30(23)3)34(25)17-20-10-5-6-12-21(20)29/h5-8,10,12-14,18-19H,9,11,15-17H2,1-4H3. The minimum atomic E-state index is -0.473. The van der Waals surface area contributed by atoms with E-state index in [4.69, 9.17) is 11.6 Å². The lowest BCUT2D eigenvalue weighted by molar-refractivity contribution is 0.0961. The van der Waals surface area contributed by atoms with Gasteiger partial charge in [0.1, 0.15) is 16.9 Å². The van der Waals surface area contributed by atoms with Crippen LogP contribution in [-0.4, -0.2) is 37.3 Å². The number of anilines is 1. The monoisotopic (exact) mass is 521 g/mol.